The highest BCUT2D eigenvalue weighted by atomic mass is 35.5. The molecule has 0 spiro atoms. The number of rotatable bonds is 3. The summed E-state index contributed by atoms with van der Waals surface area (Å²) >= 11 is 6.36. The number of anilines is 1. The topological polar surface area (TPSA) is 50.5 Å². The van der Waals surface area contributed by atoms with E-state index in [-0.39, 0.29) is 17.8 Å². The number of nitrogens with zero attached hydrogens (tertiary/aromatic N) is 4. The van der Waals surface area contributed by atoms with E-state index in [2.05, 4.69) is 16.8 Å². The summed E-state index contributed by atoms with van der Waals surface area (Å²) in [6, 6.07) is 13.1. The molecule has 7 heteroatoms. The molecule has 0 aliphatic carbocycles. The van der Waals surface area contributed by atoms with Crippen molar-refractivity contribution in [2.45, 2.75) is 6.54 Å². The van der Waals surface area contributed by atoms with Crippen molar-refractivity contribution in [3.8, 4) is 0 Å². The Hall–Kier alpha value is -2.57. The van der Waals surface area contributed by atoms with E-state index in [0.29, 0.717) is 15.9 Å². The van der Waals surface area contributed by atoms with Crippen LogP contribution in [0.5, 0.6) is 0 Å². The average molecular weight is 399 g/mol. The largest absolute Gasteiger partial charge is 0.368 e. The van der Waals surface area contributed by atoms with Gasteiger partial charge in [0.2, 0.25) is 0 Å². The number of likely N-dealkylation sites (N-methyl/N-ethyl adjacent to an activating group) is 1. The second kappa shape index (κ2) is 7.45. The third-order valence-corrected chi connectivity index (χ3v) is 5.65. The van der Waals surface area contributed by atoms with E-state index in [1.54, 1.807) is 13.1 Å². The zero-order chi connectivity index (χ0) is 19.8. The van der Waals surface area contributed by atoms with Gasteiger partial charge in [0.25, 0.3) is 5.56 Å². The fourth-order valence-electron chi connectivity index (χ4n) is 3.77. The molecule has 1 aromatic heterocycles. The molecule has 0 atom stereocenters. The summed E-state index contributed by atoms with van der Waals surface area (Å²) < 4.78 is 2.83. The minimum atomic E-state index is -0.340. The van der Waals surface area contributed by atoms with Gasteiger partial charge in [0.1, 0.15) is 0 Å². The fourth-order valence-corrected chi connectivity index (χ4v) is 3.98. The highest BCUT2D eigenvalue weighted by Gasteiger charge is 2.21. The van der Waals surface area contributed by atoms with E-state index in [1.165, 1.54) is 9.13 Å². The number of hydrogen-bond donors (Lipinski definition) is 0. The van der Waals surface area contributed by atoms with Crippen LogP contribution < -0.4 is 16.1 Å². The zero-order valence-electron chi connectivity index (χ0n) is 16.1. The van der Waals surface area contributed by atoms with Crippen LogP contribution in [0.15, 0.2) is 52.1 Å². The molecule has 6 nitrogen and oxygen atoms in total. The second-order valence-electron chi connectivity index (χ2n) is 7.33. The van der Waals surface area contributed by atoms with E-state index in [0.717, 1.165) is 37.4 Å². The molecule has 1 saturated heterocycles. The van der Waals surface area contributed by atoms with E-state index >= 15 is 0 Å². The third kappa shape index (κ3) is 3.34. The monoisotopic (exact) mass is 398 g/mol. The lowest BCUT2D eigenvalue weighted by Crippen LogP contribution is -2.45. The normalized spacial score (nSPS) is 15.3. The summed E-state index contributed by atoms with van der Waals surface area (Å²) in [5.74, 6) is 0. The first-order valence-electron chi connectivity index (χ1n) is 9.36. The van der Waals surface area contributed by atoms with Gasteiger partial charge in [-0.2, -0.15) is 0 Å². The molecule has 3 aromatic rings. The number of benzene rings is 2. The molecule has 1 aliphatic heterocycles. The van der Waals surface area contributed by atoms with Crippen LogP contribution in [0.3, 0.4) is 0 Å². The standard InChI is InChI=1S/C21H23ClN4O2/c1-23-8-10-25(11-9-23)18-13-16(22)12-17-19(18)20(27)26(21(28)24(17)2)14-15-6-4-3-5-7-15/h3-7,12-13H,8-11,14H2,1-2H3. The van der Waals surface area contributed by atoms with Gasteiger partial charge in [-0.25, -0.2) is 4.79 Å². The van der Waals surface area contributed by atoms with Gasteiger partial charge in [0.05, 0.1) is 23.1 Å². The Morgan fingerprint density at radius 1 is 0.964 bits per heavy atom. The summed E-state index contributed by atoms with van der Waals surface area (Å²) in [5, 5.41) is 1.07. The van der Waals surface area contributed by atoms with Crippen molar-refractivity contribution in [2.75, 3.05) is 38.1 Å². The van der Waals surface area contributed by atoms with Crippen molar-refractivity contribution < 1.29 is 0 Å². The van der Waals surface area contributed by atoms with Gasteiger partial charge in [0, 0.05) is 38.2 Å². The SMILES string of the molecule is CN1CCN(c2cc(Cl)cc3c2c(=O)n(Cc2ccccc2)c(=O)n3C)CC1. The maximum absolute atomic E-state index is 13.4. The van der Waals surface area contributed by atoms with E-state index < -0.39 is 0 Å². The smallest absolute Gasteiger partial charge is 0.331 e. The molecule has 0 N–H and O–H groups in total. The molecule has 1 fully saturated rings. The van der Waals surface area contributed by atoms with Crippen molar-refractivity contribution in [1.29, 1.82) is 0 Å². The minimum Gasteiger partial charge on any atom is -0.368 e. The van der Waals surface area contributed by atoms with Crippen LogP contribution in [0, 0.1) is 0 Å². The van der Waals surface area contributed by atoms with E-state index in [1.807, 2.05) is 36.4 Å². The predicted octanol–water partition coefficient (Wildman–Crippen LogP) is 2.15. The van der Waals surface area contributed by atoms with Crippen LogP contribution >= 0.6 is 11.6 Å². The van der Waals surface area contributed by atoms with Crippen LogP contribution in [-0.4, -0.2) is 47.3 Å². The van der Waals surface area contributed by atoms with Gasteiger partial charge in [-0.1, -0.05) is 41.9 Å². The molecule has 28 heavy (non-hydrogen) atoms. The zero-order valence-corrected chi connectivity index (χ0v) is 16.8. The molecule has 0 unspecified atom stereocenters. The quantitative estimate of drug-likeness (QED) is 0.678. The summed E-state index contributed by atoms with van der Waals surface area (Å²) in [7, 11) is 3.78. The van der Waals surface area contributed by atoms with Gasteiger partial charge in [-0.15, -0.1) is 0 Å². The molecule has 0 bridgehead atoms. The average Bonchev–Trinajstić information content (AvgIpc) is 2.70. The molecule has 2 heterocycles. The number of aromatic nitrogens is 2. The Labute approximate surface area is 168 Å². The van der Waals surface area contributed by atoms with E-state index in [4.69, 9.17) is 11.6 Å². The Balaban J connectivity index is 1.93. The van der Waals surface area contributed by atoms with Crippen molar-refractivity contribution in [3.05, 3.63) is 73.9 Å². The van der Waals surface area contributed by atoms with Crippen molar-refractivity contribution in [1.82, 2.24) is 14.0 Å². The van der Waals surface area contributed by atoms with E-state index in [9.17, 15) is 9.59 Å². The molecule has 0 amide bonds. The van der Waals surface area contributed by atoms with Crippen LogP contribution in [-0.2, 0) is 13.6 Å². The summed E-state index contributed by atoms with van der Waals surface area (Å²) in [5.41, 5.74) is 1.68. The lowest BCUT2D eigenvalue weighted by Gasteiger charge is -2.34. The molecule has 146 valence electrons. The molecule has 0 saturated carbocycles. The Kier molecular flexibility index (Phi) is 5.00. The Bertz CT molecular complexity index is 1130. The van der Waals surface area contributed by atoms with Crippen molar-refractivity contribution in [3.63, 3.8) is 0 Å². The molecule has 1 aliphatic rings. The first kappa shape index (κ1) is 18.8. The lowest BCUT2D eigenvalue weighted by molar-refractivity contribution is 0.313. The van der Waals surface area contributed by atoms with Crippen LogP contribution in [0.25, 0.3) is 10.9 Å². The van der Waals surface area contributed by atoms with Gasteiger partial charge >= 0.3 is 5.69 Å². The van der Waals surface area contributed by atoms with Gasteiger partial charge in [-0.3, -0.25) is 13.9 Å². The predicted molar refractivity (Wildman–Crippen MR) is 114 cm³/mol. The van der Waals surface area contributed by atoms with Crippen molar-refractivity contribution >= 4 is 28.2 Å². The lowest BCUT2D eigenvalue weighted by atomic mass is 10.1. The fraction of sp³-hybridized carbons (Fsp3) is 0.333. The number of fused-ring (bicyclic) bond motifs is 1. The molecule has 2 aromatic carbocycles. The maximum Gasteiger partial charge on any atom is 0.331 e. The van der Waals surface area contributed by atoms with Crippen molar-refractivity contribution in [2.24, 2.45) is 7.05 Å². The van der Waals surface area contributed by atoms with Gasteiger partial charge in [0.15, 0.2) is 0 Å². The maximum atomic E-state index is 13.4. The number of piperazine rings is 1. The first-order valence-corrected chi connectivity index (χ1v) is 9.74. The first-order chi connectivity index (χ1) is 13.5. The van der Waals surface area contributed by atoms with Crippen LogP contribution in [0.1, 0.15) is 5.56 Å². The molecule has 4 rings (SSSR count). The summed E-state index contributed by atoms with van der Waals surface area (Å²) in [4.78, 5) is 30.8. The minimum absolute atomic E-state index is 0.243. The number of halogens is 1. The van der Waals surface area contributed by atoms with Crippen LogP contribution in [0.2, 0.25) is 5.02 Å². The van der Waals surface area contributed by atoms with Crippen LogP contribution in [0.4, 0.5) is 5.69 Å². The Morgan fingerprint density at radius 2 is 1.64 bits per heavy atom. The molecular weight excluding hydrogens is 376 g/mol. The third-order valence-electron chi connectivity index (χ3n) is 5.43. The number of hydrogen-bond acceptors (Lipinski definition) is 4. The molecule has 0 radical (unpaired) electrons. The molecular formula is C21H23ClN4O2. The highest BCUT2D eigenvalue weighted by Crippen LogP contribution is 2.28. The number of aryl methyl sites for hydroxylation is 1. The summed E-state index contributed by atoms with van der Waals surface area (Å²) in [6.45, 7) is 3.70. The Morgan fingerprint density at radius 3 is 2.32 bits per heavy atom. The van der Waals surface area contributed by atoms with Gasteiger partial charge in [-0.05, 0) is 24.7 Å². The second-order valence-corrected chi connectivity index (χ2v) is 7.76. The highest BCUT2D eigenvalue weighted by molar-refractivity contribution is 6.31. The van der Waals surface area contributed by atoms with Gasteiger partial charge < -0.3 is 9.80 Å². The summed E-state index contributed by atoms with van der Waals surface area (Å²) in [6.07, 6.45) is 0.